The Morgan fingerprint density at radius 1 is 1.91 bits per heavy atom. The van der Waals surface area contributed by atoms with E-state index in [4.69, 9.17) is 4.52 Å². The van der Waals surface area contributed by atoms with Crippen LogP contribution in [0.2, 0.25) is 0 Å². The minimum atomic E-state index is 0.0810. The van der Waals surface area contributed by atoms with Crippen molar-refractivity contribution in [1.29, 1.82) is 0 Å². The molecule has 0 saturated heterocycles. The van der Waals surface area contributed by atoms with Crippen molar-refractivity contribution in [2.24, 2.45) is 0 Å². The van der Waals surface area contributed by atoms with Gasteiger partial charge in [-0.25, -0.2) is 0 Å². The third-order valence-corrected chi connectivity index (χ3v) is 2.16. The molecule has 1 heterocycles. The predicted molar refractivity (Wildman–Crippen MR) is 46.2 cm³/mol. The topological polar surface area (TPSA) is 43.1 Å². The van der Waals surface area contributed by atoms with E-state index in [1.165, 1.54) is 18.7 Å². The molecule has 0 bridgehead atoms. The lowest BCUT2D eigenvalue weighted by atomic mass is 10.5. The zero-order chi connectivity index (χ0) is 8.27. The minimum Gasteiger partial charge on any atom is -0.359 e. The van der Waals surface area contributed by atoms with E-state index < -0.39 is 0 Å². The molecule has 11 heavy (non-hydrogen) atoms. The summed E-state index contributed by atoms with van der Waals surface area (Å²) in [5.41, 5.74) is 0. The van der Waals surface area contributed by atoms with Crippen LogP contribution in [0.25, 0.3) is 0 Å². The van der Waals surface area contributed by atoms with E-state index in [-0.39, 0.29) is 5.12 Å². The van der Waals surface area contributed by atoms with Crippen LogP contribution in [0.3, 0.4) is 0 Å². The van der Waals surface area contributed by atoms with Crippen LogP contribution in [0.4, 0.5) is 0 Å². The van der Waals surface area contributed by atoms with Crippen LogP contribution in [0.1, 0.15) is 12.7 Å². The van der Waals surface area contributed by atoms with Gasteiger partial charge in [0.15, 0.2) is 5.12 Å². The molecule has 0 aliphatic rings. The molecule has 1 aromatic heterocycles. The first-order valence-electron chi connectivity index (χ1n) is 2.93. The van der Waals surface area contributed by atoms with Gasteiger partial charge in [0.1, 0.15) is 10.4 Å². The number of aromatic nitrogens is 1. The smallest absolute Gasteiger partial charge is 0.186 e. The van der Waals surface area contributed by atoms with Gasteiger partial charge in [-0.3, -0.25) is 4.79 Å². The van der Waals surface area contributed by atoms with Crippen molar-refractivity contribution in [3.8, 4) is 0 Å². The summed E-state index contributed by atoms with van der Waals surface area (Å²) in [7, 11) is 0. The fourth-order valence-corrected chi connectivity index (χ4v) is 1.34. The van der Waals surface area contributed by atoms with E-state index >= 15 is 0 Å². The lowest BCUT2D eigenvalue weighted by molar-refractivity contribution is -0.109. The Labute approximate surface area is 76.6 Å². The Kier molecular flexibility index (Phi) is 3.14. The SMILES string of the molecule is CC(=O)SCc1cc(Br)no1. The number of rotatable bonds is 2. The van der Waals surface area contributed by atoms with Crippen LogP contribution in [0.15, 0.2) is 15.2 Å². The highest BCUT2D eigenvalue weighted by atomic mass is 79.9. The van der Waals surface area contributed by atoms with E-state index in [1.54, 1.807) is 6.07 Å². The van der Waals surface area contributed by atoms with Crippen LogP contribution in [0.5, 0.6) is 0 Å². The Hall–Kier alpha value is -0.290. The normalized spacial score (nSPS) is 10.0. The number of hydrogen-bond acceptors (Lipinski definition) is 4. The Morgan fingerprint density at radius 2 is 2.64 bits per heavy atom. The van der Waals surface area contributed by atoms with Gasteiger partial charge < -0.3 is 4.52 Å². The molecule has 0 atom stereocenters. The molecule has 0 spiro atoms. The zero-order valence-corrected chi connectivity index (χ0v) is 8.24. The van der Waals surface area contributed by atoms with Crippen molar-refractivity contribution < 1.29 is 9.32 Å². The average molecular weight is 236 g/mol. The largest absolute Gasteiger partial charge is 0.359 e. The van der Waals surface area contributed by atoms with Crippen molar-refractivity contribution in [2.75, 3.05) is 0 Å². The molecular formula is C6H6BrNO2S. The molecule has 0 fully saturated rings. The molecule has 0 aromatic carbocycles. The summed E-state index contributed by atoms with van der Waals surface area (Å²) in [6.45, 7) is 1.52. The van der Waals surface area contributed by atoms with E-state index in [0.717, 1.165) is 0 Å². The molecule has 0 saturated carbocycles. The van der Waals surface area contributed by atoms with Crippen LogP contribution in [-0.2, 0) is 10.5 Å². The molecule has 1 rings (SSSR count). The first-order valence-corrected chi connectivity index (χ1v) is 4.71. The van der Waals surface area contributed by atoms with Gasteiger partial charge in [-0.05, 0) is 15.9 Å². The molecule has 5 heteroatoms. The molecule has 60 valence electrons. The highest BCUT2D eigenvalue weighted by Crippen LogP contribution is 2.16. The number of thioether (sulfide) groups is 1. The van der Waals surface area contributed by atoms with Crippen LogP contribution >= 0.6 is 27.7 Å². The quantitative estimate of drug-likeness (QED) is 0.789. The molecular weight excluding hydrogens is 230 g/mol. The van der Waals surface area contributed by atoms with Gasteiger partial charge in [0.2, 0.25) is 0 Å². The minimum absolute atomic E-state index is 0.0810. The Bertz CT molecular complexity index is 261. The van der Waals surface area contributed by atoms with Gasteiger partial charge in [-0.15, -0.1) is 0 Å². The van der Waals surface area contributed by atoms with E-state index in [0.29, 0.717) is 16.1 Å². The molecule has 0 aliphatic heterocycles. The van der Waals surface area contributed by atoms with E-state index in [9.17, 15) is 4.79 Å². The van der Waals surface area contributed by atoms with Gasteiger partial charge in [-0.1, -0.05) is 16.9 Å². The van der Waals surface area contributed by atoms with E-state index in [1.807, 2.05) is 0 Å². The Balaban J connectivity index is 2.45. The maximum atomic E-state index is 10.5. The second-order valence-electron chi connectivity index (χ2n) is 1.90. The van der Waals surface area contributed by atoms with Crippen molar-refractivity contribution in [3.63, 3.8) is 0 Å². The first kappa shape index (κ1) is 8.80. The molecule has 0 aliphatic carbocycles. The fourth-order valence-electron chi connectivity index (χ4n) is 0.529. The number of carbonyl (C=O) groups excluding carboxylic acids is 1. The second-order valence-corrected chi connectivity index (χ2v) is 3.86. The molecule has 3 nitrogen and oxygen atoms in total. The fraction of sp³-hybridized carbons (Fsp3) is 0.333. The molecule has 0 unspecified atom stereocenters. The summed E-state index contributed by atoms with van der Waals surface area (Å²) in [6.07, 6.45) is 0. The third kappa shape index (κ3) is 3.07. The Morgan fingerprint density at radius 3 is 3.09 bits per heavy atom. The zero-order valence-electron chi connectivity index (χ0n) is 5.83. The van der Waals surface area contributed by atoms with Gasteiger partial charge in [-0.2, -0.15) is 0 Å². The van der Waals surface area contributed by atoms with Crippen molar-refractivity contribution in [3.05, 3.63) is 16.4 Å². The van der Waals surface area contributed by atoms with Gasteiger partial charge in [0.25, 0.3) is 0 Å². The number of nitrogens with zero attached hydrogens (tertiary/aromatic N) is 1. The summed E-state index contributed by atoms with van der Waals surface area (Å²) < 4.78 is 5.51. The highest BCUT2D eigenvalue weighted by Gasteiger charge is 2.02. The summed E-state index contributed by atoms with van der Waals surface area (Å²) in [6, 6.07) is 1.75. The molecule has 0 amide bonds. The van der Waals surface area contributed by atoms with Gasteiger partial charge >= 0.3 is 0 Å². The first-order chi connectivity index (χ1) is 5.18. The summed E-state index contributed by atoms with van der Waals surface area (Å²) in [4.78, 5) is 10.5. The van der Waals surface area contributed by atoms with Gasteiger partial charge in [0, 0.05) is 13.0 Å². The lowest BCUT2D eigenvalue weighted by Crippen LogP contribution is -1.82. The number of carbonyl (C=O) groups is 1. The molecule has 0 radical (unpaired) electrons. The third-order valence-electron chi connectivity index (χ3n) is 0.948. The van der Waals surface area contributed by atoms with Crippen LogP contribution in [0, 0.1) is 0 Å². The second kappa shape index (κ2) is 3.92. The molecule has 1 aromatic rings. The predicted octanol–water partition coefficient (Wildman–Crippen LogP) is 2.22. The monoisotopic (exact) mass is 235 g/mol. The average Bonchev–Trinajstić information content (AvgIpc) is 2.31. The summed E-state index contributed by atoms with van der Waals surface area (Å²) >= 11 is 4.34. The maximum absolute atomic E-state index is 10.5. The van der Waals surface area contributed by atoms with Gasteiger partial charge in [0.05, 0.1) is 5.75 Å². The maximum Gasteiger partial charge on any atom is 0.186 e. The van der Waals surface area contributed by atoms with Crippen molar-refractivity contribution in [1.82, 2.24) is 5.16 Å². The summed E-state index contributed by atoms with van der Waals surface area (Å²) in [5.74, 6) is 1.26. The van der Waals surface area contributed by atoms with Crippen LogP contribution < -0.4 is 0 Å². The van der Waals surface area contributed by atoms with E-state index in [2.05, 4.69) is 21.1 Å². The standard InChI is InChI=1S/C6H6BrNO2S/c1-4(9)11-3-5-2-6(7)8-10-5/h2H,3H2,1H3. The lowest BCUT2D eigenvalue weighted by Gasteiger charge is -1.88. The van der Waals surface area contributed by atoms with Crippen LogP contribution in [-0.4, -0.2) is 10.3 Å². The highest BCUT2D eigenvalue weighted by molar-refractivity contribution is 9.10. The molecule has 0 N–H and O–H groups in total. The number of hydrogen-bond donors (Lipinski definition) is 0. The number of halogens is 1. The summed E-state index contributed by atoms with van der Waals surface area (Å²) in [5, 5.41) is 3.69. The van der Waals surface area contributed by atoms with Crippen molar-refractivity contribution >= 4 is 32.8 Å². The van der Waals surface area contributed by atoms with Crippen molar-refractivity contribution in [2.45, 2.75) is 12.7 Å².